The highest BCUT2D eigenvalue weighted by atomic mass is 32.2. The van der Waals surface area contributed by atoms with Crippen LogP contribution in [0.3, 0.4) is 0 Å². The Hall–Kier alpha value is -0.850. The van der Waals surface area contributed by atoms with Gasteiger partial charge in [0.05, 0.1) is 19.3 Å². The molecule has 0 N–H and O–H groups in total. The minimum atomic E-state index is 0.288. The summed E-state index contributed by atoms with van der Waals surface area (Å²) in [5, 5.41) is 0.752. The summed E-state index contributed by atoms with van der Waals surface area (Å²) in [7, 11) is 0. The zero-order valence-electron chi connectivity index (χ0n) is 11.8. The van der Waals surface area contributed by atoms with Crippen molar-refractivity contribution < 1.29 is 9.47 Å². The molecule has 0 radical (unpaired) electrons. The number of ether oxygens (including phenoxy) is 2. The lowest BCUT2D eigenvalue weighted by Crippen LogP contribution is -2.40. The van der Waals surface area contributed by atoms with Crippen LogP contribution in [0.1, 0.15) is 19.4 Å². The van der Waals surface area contributed by atoms with Crippen molar-refractivity contribution in [2.75, 3.05) is 32.6 Å². The Kier molecular flexibility index (Phi) is 5.42. The van der Waals surface area contributed by atoms with Crippen molar-refractivity contribution in [1.82, 2.24) is 14.9 Å². The molecule has 1 aromatic heterocycles. The van der Waals surface area contributed by atoms with Gasteiger partial charge in [0.25, 0.3) is 0 Å². The van der Waals surface area contributed by atoms with Gasteiger partial charge < -0.3 is 9.47 Å². The smallest absolute Gasteiger partial charge is 0.221 e. The first-order valence-electron chi connectivity index (χ1n) is 6.59. The van der Waals surface area contributed by atoms with Gasteiger partial charge in [-0.05, 0) is 20.1 Å². The number of hydrogen-bond acceptors (Lipinski definition) is 6. The van der Waals surface area contributed by atoms with Crippen LogP contribution in [0.15, 0.2) is 11.4 Å². The molecule has 0 aliphatic carbocycles. The van der Waals surface area contributed by atoms with Crippen LogP contribution in [-0.4, -0.2) is 53.5 Å². The van der Waals surface area contributed by atoms with Gasteiger partial charge in [0.1, 0.15) is 0 Å². The highest BCUT2D eigenvalue weighted by Gasteiger charge is 2.19. The Morgan fingerprint density at radius 2 is 2.42 bits per heavy atom. The van der Waals surface area contributed by atoms with Crippen LogP contribution < -0.4 is 4.74 Å². The summed E-state index contributed by atoms with van der Waals surface area (Å²) >= 11 is 1.53. The molecule has 1 aliphatic rings. The van der Waals surface area contributed by atoms with E-state index in [-0.39, 0.29) is 6.10 Å². The van der Waals surface area contributed by atoms with Gasteiger partial charge in [0.15, 0.2) is 5.16 Å². The van der Waals surface area contributed by atoms with E-state index in [0.29, 0.717) is 12.5 Å². The SMILES string of the molecule is CCOc1nc(SC)ncc1CN1CCOC(C)C1. The van der Waals surface area contributed by atoms with Crippen molar-refractivity contribution in [2.24, 2.45) is 0 Å². The summed E-state index contributed by atoms with van der Waals surface area (Å²) in [6.45, 7) is 8.18. The number of morpholine rings is 1. The molecule has 1 saturated heterocycles. The van der Waals surface area contributed by atoms with Gasteiger partial charge in [-0.3, -0.25) is 4.90 Å². The van der Waals surface area contributed by atoms with E-state index in [0.717, 1.165) is 37.0 Å². The molecule has 6 heteroatoms. The fraction of sp³-hybridized carbons (Fsp3) is 0.692. The summed E-state index contributed by atoms with van der Waals surface area (Å²) in [4.78, 5) is 11.1. The van der Waals surface area contributed by atoms with E-state index >= 15 is 0 Å². The number of aromatic nitrogens is 2. The van der Waals surface area contributed by atoms with Gasteiger partial charge in [0, 0.05) is 31.4 Å². The third kappa shape index (κ3) is 4.06. The van der Waals surface area contributed by atoms with Gasteiger partial charge in [0.2, 0.25) is 5.88 Å². The van der Waals surface area contributed by atoms with Crippen molar-refractivity contribution in [3.05, 3.63) is 11.8 Å². The normalized spacial score (nSPS) is 20.5. The van der Waals surface area contributed by atoms with E-state index in [1.807, 2.05) is 19.4 Å². The van der Waals surface area contributed by atoms with Crippen LogP contribution in [0, 0.1) is 0 Å². The van der Waals surface area contributed by atoms with Crippen LogP contribution >= 0.6 is 11.8 Å². The van der Waals surface area contributed by atoms with Crippen molar-refractivity contribution >= 4 is 11.8 Å². The lowest BCUT2D eigenvalue weighted by atomic mass is 10.2. The van der Waals surface area contributed by atoms with E-state index in [1.54, 1.807) is 0 Å². The molecule has 106 valence electrons. The maximum absolute atomic E-state index is 5.63. The van der Waals surface area contributed by atoms with E-state index in [1.165, 1.54) is 11.8 Å². The van der Waals surface area contributed by atoms with Crippen LogP contribution in [0.4, 0.5) is 0 Å². The first-order valence-corrected chi connectivity index (χ1v) is 7.82. The van der Waals surface area contributed by atoms with Gasteiger partial charge >= 0.3 is 0 Å². The third-order valence-corrected chi connectivity index (χ3v) is 3.55. The molecular weight excluding hydrogens is 262 g/mol. The van der Waals surface area contributed by atoms with Gasteiger partial charge in [-0.2, -0.15) is 4.98 Å². The summed E-state index contributed by atoms with van der Waals surface area (Å²) < 4.78 is 11.2. The lowest BCUT2D eigenvalue weighted by Gasteiger charge is -2.31. The maximum Gasteiger partial charge on any atom is 0.221 e. The molecule has 1 aliphatic heterocycles. The van der Waals surface area contributed by atoms with Crippen molar-refractivity contribution in [3.63, 3.8) is 0 Å². The molecule has 0 bridgehead atoms. The Labute approximate surface area is 118 Å². The predicted molar refractivity (Wildman–Crippen MR) is 75.7 cm³/mol. The topological polar surface area (TPSA) is 47.5 Å². The molecule has 1 aromatic rings. The van der Waals surface area contributed by atoms with Crippen LogP contribution in [0.25, 0.3) is 0 Å². The summed E-state index contributed by atoms with van der Waals surface area (Å²) in [5.74, 6) is 0.709. The molecule has 0 amide bonds. The maximum atomic E-state index is 5.63. The molecule has 2 heterocycles. The Bertz CT molecular complexity index is 417. The van der Waals surface area contributed by atoms with Crippen LogP contribution in [0.5, 0.6) is 5.88 Å². The zero-order chi connectivity index (χ0) is 13.7. The highest BCUT2D eigenvalue weighted by Crippen LogP contribution is 2.21. The second kappa shape index (κ2) is 7.07. The monoisotopic (exact) mass is 283 g/mol. The Balaban J connectivity index is 2.09. The van der Waals surface area contributed by atoms with E-state index in [9.17, 15) is 0 Å². The number of hydrogen-bond donors (Lipinski definition) is 0. The second-order valence-electron chi connectivity index (χ2n) is 4.54. The summed E-state index contributed by atoms with van der Waals surface area (Å²) in [6.07, 6.45) is 4.13. The van der Waals surface area contributed by atoms with E-state index in [4.69, 9.17) is 9.47 Å². The fourth-order valence-corrected chi connectivity index (χ4v) is 2.45. The van der Waals surface area contributed by atoms with Gasteiger partial charge in [-0.1, -0.05) is 11.8 Å². The number of rotatable bonds is 5. The van der Waals surface area contributed by atoms with Crippen LogP contribution in [-0.2, 0) is 11.3 Å². The van der Waals surface area contributed by atoms with Crippen molar-refractivity contribution in [2.45, 2.75) is 31.7 Å². The average Bonchev–Trinajstić information content (AvgIpc) is 2.41. The molecule has 5 nitrogen and oxygen atoms in total. The average molecular weight is 283 g/mol. The van der Waals surface area contributed by atoms with Crippen LogP contribution in [0.2, 0.25) is 0 Å². The minimum absolute atomic E-state index is 0.288. The van der Waals surface area contributed by atoms with Gasteiger partial charge in [-0.15, -0.1) is 0 Å². The highest BCUT2D eigenvalue weighted by molar-refractivity contribution is 7.98. The fourth-order valence-electron chi connectivity index (χ4n) is 2.12. The lowest BCUT2D eigenvalue weighted by molar-refractivity contribution is -0.0215. The van der Waals surface area contributed by atoms with E-state index in [2.05, 4.69) is 21.8 Å². The molecular formula is C13H21N3O2S. The predicted octanol–water partition coefficient (Wildman–Crippen LogP) is 1.82. The third-order valence-electron chi connectivity index (χ3n) is 2.99. The zero-order valence-corrected chi connectivity index (χ0v) is 12.6. The van der Waals surface area contributed by atoms with Crippen molar-refractivity contribution in [3.8, 4) is 5.88 Å². The molecule has 0 aromatic carbocycles. The minimum Gasteiger partial charge on any atom is -0.478 e. The second-order valence-corrected chi connectivity index (χ2v) is 5.31. The standard InChI is InChI=1S/C13H21N3O2S/c1-4-17-12-11(7-14-13(15-12)19-3)9-16-5-6-18-10(2)8-16/h7,10H,4-6,8-9H2,1-3H3. The molecule has 0 spiro atoms. The molecule has 19 heavy (non-hydrogen) atoms. The molecule has 1 unspecified atom stereocenters. The largest absolute Gasteiger partial charge is 0.478 e. The molecule has 1 atom stereocenters. The molecule has 1 fully saturated rings. The Morgan fingerprint density at radius 1 is 1.58 bits per heavy atom. The summed E-state index contributed by atoms with van der Waals surface area (Å²) in [5.41, 5.74) is 1.05. The number of thioether (sulfide) groups is 1. The first-order chi connectivity index (χ1) is 9.22. The summed E-state index contributed by atoms with van der Waals surface area (Å²) in [6, 6.07) is 0. The quantitative estimate of drug-likeness (QED) is 0.607. The first kappa shape index (κ1) is 14.6. The number of nitrogens with zero attached hydrogens (tertiary/aromatic N) is 3. The van der Waals surface area contributed by atoms with E-state index < -0.39 is 0 Å². The Morgan fingerprint density at radius 3 is 3.11 bits per heavy atom. The molecule has 2 rings (SSSR count). The van der Waals surface area contributed by atoms with Gasteiger partial charge in [-0.25, -0.2) is 4.98 Å². The molecule has 0 saturated carbocycles. The van der Waals surface area contributed by atoms with Crippen molar-refractivity contribution in [1.29, 1.82) is 0 Å².